The monoisotopic (exact) mass is 295 g/mol. The first-order valence-corrected chi connectivity index (χ1v) is 8.08. The fraction of sp³-hybridized carbons (Fsp3) is 0.429. The highest BCUT2D eigenvalue weighted by molar-refractivity contribution is 6.08. The number of nitrogens with zero attached hydrogens (tertiary/aromatic N) is 1. The first-order valence-electron chi connectivity index (χ1n) is 8.08. The van der Waals surface area contributed by atoms with Gasteiger partial charge in [0.15, 0.2) is 0 Å². The molecular formula is C21H29N. The summed E-state index contributed by atoms with van der Waals surface area (Å²) in [5, 5.41) is 2.69. The Kier molecular flexibility index (Phi) is 4.37. The van der Waals surface area contributed by atoms with Gasteiger partial charge in [0.2, 0.25) is 0 Å². The molecule has 0 aliphatic carbocycles. The zero-order chi connectivity index (χ0) is 16.5. The van der Waals surface area contributed by atoms with Gasteiger partial charge in [0.1, 0.15) is 0 Å². The molecule has 3 rings (SSSR count). The smallest absolute Gasteiger partial charge is 0.0496 e. The van der Waals surface area contributed by atoms with Gasteiger partial charge in [0.05, 0.1) is 0 Å². The molecule has 118 valence electrons. The minimum atomic E-state index is 0.0999. The van der Waals surface area contributed by atoms with E-state index in [1.54, 1.807) is 0 Å². The molecule has 1 heteroatoms. The highest BCUT2D eigenvalue weighted by Crippen LogP contribution is 2.33. The van der Waals surface area contributed by atoms with Crippen molar-refractivity contribution in [2.24, 2.45) is 5.41 Å². The van der Waals surface area contributed by atoms with Gasteiger partial charge in [-0.3, -0.25) is 0 Å². The Morgan fingerprint density at radius 3 is 1.23 bits per heavy atom. The molecule has 0 saturated carbocycles. The Balaban J connectivity index is 0.000000309. The Morgan fingerprint density at radius 2 is 0.909 bits per heavy atom. The molecule has 0 bridgehead atoms. The van der Waals surface area contributed by atoms with E-state index in [9.17, 15) is 0 Å². The predicted octanol–water partition coefficient (Wildman–Crippen LogP) is 6.60. The molecule has 1 nitrogen and oxygen atoms in total. The minimum absolute atomic E-state index is 0.0999. The molecule has 0 spiro atoms. The van der Waals surface area contributed by atoms with E-state index >= 15 is 0 Å². The summed E-state index contributed by atoms with van der Waals surface area (Å²) in [6.07, 6.45) is 0. The van der Waals surface area contributed by atoms with Gasteiger partial charge in [-0.1, -0.05) is 64.1 Å². The van der Waals surface area contributed by atoms with Crippen LogP contribution >= 0.6 is 0 Å². The van der Waals surface area contributed by atoms with Gasteiger partial charge in [-0.2, -0.15) is 0 Å². The lowest BCUT2D eigenvalue weighted by Gasteiger charge is -2.24. The molecule has 0 aliphatic heterocycles. The van der Waals surface area contributed by atoms with Crippen LogP contribution in [0.3, 0.4) is 0 Å². The maximum atomic E-state index is 2.43. The summed E-state index contributed by atoms with van der Waals surface area (Å²) >= 11 is 0. The fourth-order valence-electron chi connectivity index (χ4n) is 2.65. The van der Waals surface area contributed by atoms with Crippen LogP contribution in [0.15, 0.2) is 48.5 Å². The molecule has 0 atom stereocenters. The van der Waals surface area contributed by atoms with Crippen LogP contribution in [0.1, 0.15) is 48.5 Å². The van der Waals surface area contributed by atoms with Crippen molar-refractivity contribution in [1.82, 2.24) is 4.57 Å². The normalized spacial score (nSPS) is 12.3. The molecule has 0 aliphatic rings. The predicted molar refractivity (Wildman–Crippen MR) is 99.6 cm³/mol. The van der Waals surface area contributed by atoms with Crippen LogP contribution in [0, 0.1) is 5.41 Å². The third-order valence-corrected chi connectivity index (χ3v) is 3.25. The van der Waals surface area contributed by atoms with E-state index in [0.29, 0.717) is 5.41 Å². The van der Waals surface area contributed by atoms with Gasteiger partial charge >= 0.3 is 0 Å². The Hall–Kier alpha value is -1.76. The Labute approximate surface area is 135 Å². The highest BCUT2D eigenvalue weighted by atomic mass is 15.0. The Bertz CT molecular complexity index is 705. The van der Waals surface area contributed by atoms with Gasteiger partial charge in [-0.25, -0.2) is 0 Å². The second-order valence-electron chi connectivity index (χ2n) is 8.54. The van der Waals surface area contributed by atoms with Crippen molar-refractivity contribution in [3.63, 3.8) is 0 Å². The van der Waals surface area contributed by atoms with Crippen molar-refractivity contribution in [1.29, 1.82) is 0 Å². The van der Waals surface area contributed by atoms with Gasteiger partial charge in [-0.15, -0.1) is 0 Å². The summed E-state index contributed by atoms with van der Waals surface area (Å²) in [5.74, 6) is 0. The second-order valence-corrected chi connectivity index (χ2v) is 8.54. The largest absolute Gasteiger partial charge is 0.335 e. The second kappa shape index (κ2) is 5.79. The lowest BCUT2D eigenvalue weighted by molar-refractivity contribution is 0.423. The van der Waals surface area contributed by atoms with Gasteiger partial charge in [0.25, 0.3) is 0 Å². The molecule has 1 heterocycles. The van der Waals surface area contributed by atoms with E-state index < -0.39 is 0 Å². The van der Waals surface area contributed by atoms with Crippen molar-refractivity contribution in [2.75, 3.05) is 0 Å². The number of rotatable bonds is 0. The van der Waals surface area contributed by atoms with Crippen LogP contribution < -0.4 is 0 Å². The first-order chi connectivity index (χ1) is 10.1. The summed E-state index contributed by atoms with van der Waals surface area (Å²) in [5.41, 5.74) is 3.24. The molecular weight excluding hydrogens is 266 g/mol. The number of benzene rings is 2. The average molecular weight is 295 g/mol. The lowest BCUT2D eigenvalue weighted by atomic mass is 10.0. The molecule has 1 aromatic heterocycles. The maximum Gasteiger partial charge on any atom is 0.0496 e. The van der Waals surface area contributed by atoms with E-state index in [-0.39, 0.29) is 5.54 Å². The minimum Gasteiger partial charge on any atom is -0.335 e. The lowest BCUT2D eigenvalue weighted by Crippen LogP contribution is -2.21. The van der Waals surface area contributed by atoms with E-state index in [0.717, 1.165) is 0 Å². The van der Waals surface area contributed by atoms with Crippen LogP contribution in [0.5, 0.6) is 0 Å². The first kappa shape index (κ1) is 16.6. The number of hydrogen-bond acceptors (Lipinski definition) is 0. The zero-order valence-electron chi connectivity index (χ0n) is 15.1. The van der Waals surface area contributed by atoms with Crippen molar-refractivity contribution >= 4 is 21.8 Å². The molecule has 0 unspecified atom stereocenters. The summed E-state index contributed by atoms with van der Waals surface area (Å²) < 4.78 is 2.43. The quantitative estimate of drug-likeness (QED) is 0.440. The number of hydrogen-bond donors (Lipinski definition) is 0. The summed E-state index contributed by atoms with van der Waals surface area (Å²) in [7, 11) is 0. The van der Waals surface area contributed by atoms with Crippen LogP contribution in [0.4, 0.5) is 0 Å². The number of para-hydroxylation sites is 2. The van der Waals surface area contributed by atoms with E-state index in [4.69, 9.17) is 0 Å². The van der Waals surface area contributed by atoms with Crippen LogP contribution in [-0.4, -0.2) is 4.57 Å². The summed E-state index contributed by atoms with van der Waals surface area (Å²) in [6.45, 7) is 15.5. The van der Waals surface area contributed by atoms with Crippen LogP contribution in [0.2, 0.25) is 0 Å². The summed E-state index contributed by atoms with van der Waals surface area (Å²) in [6, 6.07) is 17.3. The molecule has 0 radical (unpaired) electrons. The SMILES string of the molecule is CC(C)(C)C.CC(C)(C)n1c2ccccc2c2ccccc21. The molecule has 0 fully saturated rings. The number of fused-ring (bicyclic) bond motifs is 3. The third-order valence-electron chi connectivity index (χ3n) is 3.25. The summed E-state index contributed by atoms with van der Waals surface area (Å²) in [4.78, 5) is 0. The van der Waals surface area contributed by atoms with Crippen molar-refractivity contribution in [3.05, 3.63) is 48.5 Å². The number of aromatic nitrogens is 1. The standard InChI is InChI=1S/C16H17N.C5H12/c1-16(2,3)17-14-10-6-4-8-12(14)13-9-5-7-11-15(13)17;1-5(2,3)4/h4-11H,1-3H3;1-4H3. The fourth-order valence-corrected chi connectivity index (χ4v) is 2.65. The van der Waals surface area contributed by atoms with Gasteiger partial charge < -0.3 is 4.57 Å². The van der Waals surface area contributed by atoms with Crippen molar-refractivity contribution < 1.29 is 0 Å². The average Bonchev–Trinajstić information content (AvgIpc) is 2.71. The van der Waals surface area contributed by atoms with Crippen molar-refractivity contribution in [3.8, 4) is 0 Å². The van der Waals surface area contributed by atoms with Crippen molar-refractivity contribution in [2.45, 2.75) is 54.0 Å². The van der Waals surface area contributed by atoms with Gasteiger partial charge in [0, 0.05) is 27.3 Å². The Morgan fingerprint density at radius 1 is 0.591 bits per heavy atom. The van der Waals surface area contributed by atoms with Crippen LogP contribution in [-0.2, 0) is 5.54 Å². The maximum absolute atomic E-state index is 2.43. The van der Waals surface area contributed by atoms with Gasteiger partial charge in [-0.05, 0) is 38.3 Å². The highest BCUT2D eigenvalue weighted by Gasteiger charge is 2.19. The topological polar surface area (TPSA) is 4.93 Å². The third kappa shape index (κ3) is 3.71. The molecule has 2 aromatic carbocycles. The van der Waals surface area contributed by atoms with Crippen LogP contribution in [0.25, 0.3) is 21.8 Å². The molecule has 3 aromatic rings. The van der Waals surface area contributed by atoms with E-state index in [2.05, 4.69) is 102 Å². The zero-order valence-corrected chi connectivity index (χ0v) is 15.1. The van der Waals surface area contributed by atoms with E-state index in [1.807, 2.05) is 0 Å². The molecule has 0 amide bonds. The molecule has 0 saturated heterocycles. The molecule has 0 N–H and O–H groups in total. The molecule has 22 heavy (non-hydrogen) atoms. The van der Waals surface area contributed by atoms with E-state index in [1.165, 1.54) is 21.8 Å².